The Morgan fingerprint density at radius 1 is 1.25 bits per heavy atom. The third-order valence-corrected chi connectivity index (χ3v) is 3.58. The van der Waals surface area contributed by atoms with Crippen molar-refractivity contribution in [3.8, 4) is 0 Å². The zero-order chi connectivity index (χ0) is 16.9. The largest absolute Gasteiger partial charge is 0.459 e. The molecule has 2 amide bonds. The van der Waals surface area contributed by atoms with Crippen LogP contribution in [0.4, 0.5) is 5.95 Å². The Morgan fingerprint density at radius 2 is 2.08 bits per heavy atom. The molecule has 0 radical (unpaired) electrons. The van der Waals surface area contributed by atoms with E-state index in [0.717, 1.165) is 17.5 Å². The molecule has 0 saturated heterocycles. The summed E-state index contributed by atoms with van der Waals surface area (Å²) >= 11 is 0. The lowest BCUT2D eigenvalue weighted by molar-refractivity contribution is -0.118. The summed E-state index contributed by atoms with van der Waals surface area (Å²) in [7, 11) is 0. The minimum atomic E-state index is -0.666. The van der Waals surface area contributed by atoms with Crippen LogP contribution in [0.3, 0.4) is 0 Å². The van der Waals surface area contributed by atoms with Crippen molar-refractivity contribution < 1.29 is 14.0 Å². The van der Waals surface area contributed by atoms with Gasteiger partial charge in [0.1, 0.15) is 6.04 Å². The first kappa shape index (κ1) is 15.8. The van der Waals surface area contributed by atoms with Crippen LogP contribution < -0.4 is 10.6 Å². The summed E-state index contributed by atoms with van der Waals surface area (Å²) in [5, 5.41) is 5.40. The third kappa shape index (κ3) is 3.45. The number of hydrogen-bond acceptors (Lipinski definition) is 4. The number of hydrogen-bond donors (Lipinski definition) is 3. The highest BCUT2D eigenvalue weighted by atomic mass is 16.3. The van der Waals surface area contributed by atoms with Crippen molar-refractivity contribution in [1.29, 1.82) is 0 Å². The summed E-state index contributed by atoms with van der Waals surface area (Å²) < 4.78 is 5.05. The molecule has 3 aromatic rings. The molecule has 2 heterocycles. The Labute approximate surface area is 138 Å². The molecule has 0 aliphatic carbocycles. The maximum atomic E-state index is 12.5. The van der Waals surface area contributed by atoms with Gasteiger partial charge in [0, 0.05) is 0 Å². The van der Waals surface area contributed by atoms with E-state index in [9.17, 15) is 9.59 Å². The number of para-hydroxylation sites is 2. The van der Waals surface area contributed by atoms with Crippen molar-refractivity contribution >= 4 is 28.8 Å². The van der Waals surface area contributed by atoms with E-state index in [1.165, 1.54) is 6.26 Å². The van der Waals surface area contributed by atoms with Crippen LogP contribution in [-0.4, -0.2) is 27.8 Å². The fraction of sp³-hybridized carbons (Fsp3) is 0.235. The molecule has 3 rings (SSSR count). The number of furan rings is 1. The van der Waals surface area contributed by atoms with Gasteiger partial charge in [-0.05, 0) is 30.7 Å². The SMILES string of the molecule is CCC[C@H](NC(=O)c1ccco1)C(=O)Nc1nc2ccccc2[nH]1. The van der Waals surface area contributed by atoms with Gasteiger partial charge in [-0.15, -0.1) is 0 Å². The zero-order valence-corrected chi connectivity index (χ0v) is 13.2. The van der Waals surface area contributed by atoms with E-state index < -0.39 is 11.9 Å². The van der Waals surface area contributed by atoms with Crippen LogP contribution in [0.15, 0.2) is 47.1 Å². The van der Waals surface area contributed by atoms with Gasteiger partial charge in [0.05, 0.1) is 17.3 Å². The molecule has 0 aliphatic heterocycles. The van der Waals surface area contributed by atoms with Crippen molar-refractivity contribution in [3.05, 3.63) is 48.4 Å². The molecule has 7 heteroatoms. The number of nitrogens with zero attached hydrogens (tertiary/aromatic N) is 1. The molecule has 24 heavy (non-hydrogen) atoms. The van der Waals surface area contributed by atoms with Gasteiger partial charge in [-0.1, -0.05) is 25.5 Å². The van der Waals surface area contributed by atoms with E-state index in [1.807, 2.05) is 31.2 Å². The second kappa shape index (κ2) is 6.99. The first-order valence-corrected chi connectivity index (χ1v) is 7.77. The summed E-state index contributed by atoms with van der Waals surface area (Å²) in [4.78, 5) is 31.9. The minimum Gasteiger partial charge on any atom is -0.459 e. The lowest BCUT2D eigenvalue weighted by Crippen LogP contribution is -2.43. The lowest BCUT2D eigenvalue weighted by atomic mass is 10.1. The quantitative estimate of drug-likeness (QED) is 0.648. The number of fused-ring (bicyclic) bond motifs is 1. The number of nitrogens with one attached hydrogen (secondary N) is 3. The van der Waals surface area contributed by atoms with E-state index in [4.69, 9.17) is 4.42 Å². The molecule has 0 saturated carbocycles. The number of benzene rings is 1. The number of amides is 2. The molecule has 0 fully saturated rings. The summed E-state index contributed by atoms with van der Waals surface area (Å²) in [6.07, 6.45) is 2.67. The smallest absolute Gasteiger partial charge is 0.287 e. The van der Waals surface area contributed by atoms with Gasteiger partial charge in [-0.2, -0.15) is 0 Å². The van der Waals surface area contributed by atoms with Crippen molar-refractivity contribution in [2.24, 2.45) is 0 Å². The van der Waals surface area contributed by atoms with Gasteiger partial charge in [-0.25, -0.2) is 4.98 Å². The first-order chi connectivity index (χ1) is 11.7. The Bertz CT molecular complexity index is 806. The number of aromatic amines is 1. The highest BCUT2D eigenvalue weighted by Crippen LogP contribution is 2.14. The fourth-order valence-electron chi connectivity index (χ4n) is 2.41. The number of imidazole rings is 1. The van der Waals surface area contributed by atoms with Crippen LogP contribution in [0, 0.1) is 0 Å². The van der Waals surface area contributed by atoms with Gasteiger partial charge >= 0.3 is 0 Å². The van der Waals surface area contributed by atoms with Crippen molar-refractivity contribution in [2.75, 3.05) is 5.32 Å². The molecule has 1 atom stereocenters. The normalized spacial score (nSPS) is 12.0. The van der Waals surface area contributed by atoms with E-state index in [1.54, 1.807) is 12.1 Å². The summed E-state index contributed by atoms with van der Waals surface area (Å²) in [6.45, 7) is 1.94. The van der Waals surface area contributed by atoms with Gasteiger partial charge in [0.2, 0.25) is 11.9 Å². The Hall–Kier alpha value is -3.09. The van der Waals surface area contributed by atoms with Crippen LogP contribution in [0.2, 0.25) is 0 Å². The number of H-pyrrole nitrogens is 1. The maximum absolute atomic E-state index is 12.5. The van der Waals surface area contributed by atoms with E-state index >= 15 is 0 Å². The molecule has 3 N–H and O–H groups in total. The second-order valence-corrected chi connectivity index (χ2v) is 5.38. The van der Waals surface area contributed by atoms with E-state index in [-0.39, 0.29) is 11.7 Å². The van der Waals surface area contributed by atoms with Crippen LogP contribution in [0.5, 0.6) is 0 Å². The van der Waals surface area contributed by atoms with E-state index in [0.29, 0.717) is 12.4 Å². The number of aromatic nitrogens is 2. The monoisotopic (exact) mass is 326 g/mol. The molecule has 0 aliphatic rings. The number of anilines is 1. The zero-order valence-electron chi connectivity index (χ0n) is 13.2. The van der Waals surface area contributed by atoms with Crippen LogP contribution in [0.25, 0.3) is 11.0 Å². The fourth-order valence-corrected chi connectivity index (χ4v) is 2.41. The van der Waals surface area contributed by atoms with Crippen molar-refractivity contribution in [1.82, 2.24) is 15.3 Å². The summed E-state index contributed by atoms with van der Waals surface area (Å²) in [6, 6.07) is 9.99. The molecule has 7 nitrogen and oxygen atoms in total. The van der Waals surface area contributed by atoms with Gasteiger partial charge < -0.3 is 14.7 Å². The molecular weight excluding hydrogens is 308 g/mol. The average molecular weight is 326 g/mol. The van der Waals surface area contributed by atoms with Crippen LogP contribution in [0.1, 0.15) is 30.3 Å². The topological polar surface area (TPSA) is 100 Å². The van der Waals surface area contributed by atoms with Crippen molar-refractivity contribution in [3.63, 3.8) is 0 Å². The molecular formula is C17H18N4O3. The summed E-state index contributed by atoms with van der Waals surface area (Å²) in [5.41, 5.74) is 1.60. The van der Waals surface area contributed by atoms with Gasteiger partial charge in [0.25, 0.3) is 5.91 Å². The van der Waals surface area contributed by atoms with Crippen LogP contribution >= 0.6 is 0 Å². The standard InChI is InChI=1S/C17H18N4O3/c1-2-6-13(18-16(23)14-9-5-10-24-14)15(22)21-17-19-11-7-3-4-8-12(11)20-17/h3-5,7-10,13H,2,6H2,1H3,(H,18,23)(H2,19,20,21,22)/t13-/m0/s1. The molecule has 2 aromatic heterocycles. The molecule has 124 valence electrons. The van der Waals surface area contributed by atoms with Gasteiger partial charge in [0.15, 0.2) is 5.76 Å². The maximum Gasteiger partial charge on any atom is 0.287 e. The molecule has 1 aromatic carbocycles. The Morgan fingerprint density at radius 3 is 2.79 bits per heavy atom. The Balaban J connectivity index is 1.70. The molecule has 0 spiro atoms. The number of carbonyl (C=O) groups is 2. The number of rotatable bonds is 6. The second-order valence-electron chi connectivity index (χ2n) is 5.38. The van der Waals surface area contributed by atoms with Crippen molar-refractivity contribution in [2.45, 2.75) is 25.8 Å². The predicted molar refractivity (Wildman–Crippen MR) is 89.6 cm³/mol. The lowest BCUT2D eigenvalue weighted by Gasteiger charge is -2.16. The predicted octanol–water partition coefficient (Wildman–Crippen LogP) is 2.69. The summed E-state index contributed by atoms with van der Waals surface area (Å²) in [5.74, 6) is -0.212. The highest BCUT2D eigenvalue weighted by Gasteiger charge is 2.22. The average Bonchev–Trinajstić information content (AvgIpc) is 3.23. The highest BCUT2D eigenvalue weighted by molar-refractivity contribution is 5.99. The third-order valence-electron chi connectivity index (χ3n) is 3.58. The van der Waals surface area contributed by atoms with Gasteiger partial charge in [-0.3, -0.25) is 14.9 Å². The molecule has 0 unspecified atom stereocenters. The minimum absolute atomic E-state index is 0.174. The number of carbonyl (C=O) groups excluding carboxylic acids is 2. The Kier molecular flexibility index (Phi) is 4.60. The molecule has 0 bridgehead atoms. The first-order valence-electron chi connectivity index (χ1n) is 7.77. The van der Waals surface area contributed by atoms with Crippen LogP contribution in [-0.2, 0) is 4.79 Å². The van der Waals surface area contributed by atoms with E-state index in [2.05, 4.69) is 20.6 Å².